The topological polar surface area (TPSA) is 55.1 Å². The van der Waals surface area contributed by atoms with Gasteiger partial charge in [-0.15, -0.1) is 0 Å². The average Bonchev–Trinajstić information content (AvgIpc) is 3.08. The van der Waals surface area contributed by atoms with Crippen molar-refractivity contribution in [2.45, 2.75) is 20.3 Å². The molecule has 1 N–H and O–H groups in total. The summed E-state index contributed by atoms with van der Waals surface area (Å²) in [7, 11) is 0. The van der Waals surface area contributed by atoms with Gasteiger partial charge in [-0.1, -0.05) is 35.9 Å². The van der Waals surface area contributed by atoms with Crippen LogP contribution in [0.15, 0.2) is 65.1 Å². The van der Waals surface area contributed by atoms with Crippen molar-refractivity contribution in [2.24, 2.45) is 0 Å². The Kier molecular flexibility index (Phi) is 4.88. The molecular formula is C23H19ClN2O2. The number of amides is 1. The SMILES string of the molecule is Cc1ccc2oc(-c3cccc(NC(=O)Cc4ccc(Cl)cc4)c3C)nc2c1. The normalized spacial score (nSPS) is 11.0. The summed E-state index contributed by atoms with van der Waals surface area (Å²) in [5.41, 5.74) is 6.13. The molecule has 140 valence electrons. The number of carbonyl (C=O) groups is 1. The van der Waals surface area contributed by atoms with Crippen molar-refractivity contribution in [1.82, 2.24) is 4.98 Å². The maximum Gasteiger partial charge on any atom is 0.228 e. The van der Waals surface area contributed by atoms with Crippen LogP contribution in [0.3, 0.4) is 0 Å². The molecule has 0 atom stereocenters. The highest BCUT2D eigenvalue weighted by atomic mass is 35.5. The molecule has 4 rings (SSSR count). The maximum atomic E-state index is 12.5. The summed E-state index contributed by atoms with van der Waals surface area (Å²) >= 11 is 5.90. The van der Waals surface area contributed by atoms with Gasteiger partial charge in [-0.3, -0.25) is 4.79 Å². The zero-order valence-corrected chi connectivity index (χ0v) is 16.4. The molecule has 0 aliphatic heterocycles. The lowest BCUT2D eigenvalue weighted by Crippen LogP contribution is -2.15. The van der Waals surface area contributed by atoms with Crippen molar-refractivity contribution >= 4 is 34.3 Å². The standard InChI is InChI=1S/C23H19ClN2O2/c1-14-6-11-21-20(12-14)26-23(28-21)18-4-3-5-19(15(18)2)25-22(27)13-16-7-9-17(24)10-8-16/h3-12H,13H2,1-2H3,(H,25,27). The predicted octanol–water partition coefficient (Wildman–Crippen LogP) is 5.95. The largest absolute Gasteiger partial charge is 0.436 e. The summed E-state index contributed by atoms with van der Waals surface area (Å²) in [6, 6.07) is 18.9. The molecule has 1 aromatic heterocycles. The quantitative estimate of drug-likeness (QED) is 0.468. The van der Waals surface area contributed by atoms with Crippen molar-refractivity contribution in [3.8, 4) is 11.5 Å². The summed E-state index contributed by atoms with van der Waals surface area (Å²) < 4.78 is 5.92. The zero-order chi connectivity index (χ0) is 19.7. The van der Waals surface area contributed by atoms with Crippen molar-refractivity contribution < 1.29 is 9.21 Å². The first-order valence-corrected chi connectivity index (χ1v) is 9.39. The molecule has 5 heteroatoms. The monoisotopic (exact) mass is 390 g/mol. The molecule has 28 heavy (non-hydrogen) atoms. The van der Waals surface area contributed by atoms with Crippen LogP contribution in [0.4, 0.5) is 5.69 Å². The minimum Gasteiger partial charge on any atom is -0.436 e. The number of rotatable bonds is 4. The first kappa shape index (κ1) is 18.3. The zero-order valence-electron chi connectivity index (χ0n) is 15.6. The van der Waals surface area contributed by atoms with Gasteiger partial charge in [0.15, 0.2) is 5.58 Å². The Labute approximate surface area is 168 Å². The molecule has 0 aliphatic rings. The van der Waals surface area contributed by atoms with E-state index in [1.807, 2.05) is 62.4 Å². The molecule has 0 saturated heterocycles. The van der Waals surface area contributed by atoms with Crippen LogP contribution in [0.5, 0.6) is 0 Å². The van der Waals surface area contributed by atoms with E-state index in [-0.39, 0.29) is 12.3 Å². The number of anilines is 1. The molecule has 0 aliphatic carbocycles. The summed E-state index contributed by atoms with van der Waals surface area (Å²) in [6.07, 6.45) is 0.281. The number of hydrogen-bond donors (Lipinski definition) is 1. The van der Waals surface area contributed by atoms with Crippen LogP contribution in [0.1, 0.15) is 16.7 Å². The molecule has 3 aromatic carbocycles. The number of aryl methyl sites for hydroxylation is 1. The van der Waals surface area contributed by atoms with Crippen molar-refractivity contribution in [3.63, 3.8) is 0 Å². The van der Waals surface area contributed by atoms with Gasteiger partial charge in [0.2, 0.25) is 11.8 Å². The number of oxazole rings is 1. The van der Waals surface area contributed by atoms with Gasteiger partial charge in [-0.05, 0) is 66.9 Å². The van der Waals surface area contributed by atoms with E-state index in [1.54, 1.807) is 12.1 Å². The minimum absolute atomic E-state index is 0.0873. The van der Waals surface area contributed by atoms with Gasteiger partial charge in [0.25, 0.3) is 0 Å². The number of halogens is 1. The molecule has 4 nitrogen and oxygen atoms in total. The van der Waals surface area contributed by atoms with Gasteiger partial charge < -0.3 is 9.73 Å². The first-order chi connectivity index (χ1) is 13.5. The summed E-state index contributed by atoms with van der Waals surface area (Å²) in [4.78, 5) is 17.1. The Morgan fingerprint density at radius 3 is 2.64 bits per heavy atom. The molecule has 0 bridgehead atoms. The Balaban J connectivity index is 1.59. The van der Waals surface area contributed by atoms with E-state index in [9.17, 15) is 4.79 Å². The molecule has 0 fully saturated rings. The highest BCUT2D eigenvalue weighted by molar-refractivity contribution is 6.30. The van der Waals surface area contributed by atoms with E-state index in [0.29, 0.717) is 10.9 Å². The number of carbonyl (C=O) groups excluding carboxylic acids is 1. The lowest BCUT2D eigenvalue weighted by Gasteiger charge is -2.11. The van der Waals surface area contributed by atoms with E-state index in [1.165, 1.54) is 0 Å². The highest BCUT2D eigenvalue weighted by Crippen LogP contribution is 2.30. The number of fused-ring (bicyclic) bond motifs is 1. The van der Waals surface area contributed by atoms with Gasteiger partial charge in [0.05, 0.1) is 6.42 Å². The lowest BCUT2D eigenvalue weighted by molar-refractivity contribution is -0.115. The van der Waals surface area contributed by atoms with Gasteiger partial charge in [-0.2, -0.15) is 0 Å². The van der Waals surface area contributed by atoms with Gasteiger partial charge in [-0.25, -0.2) is 4.98 Å². The molecule has 1 heterocycles. The number of benzene rings is 3. The third-order valence-corrected chi connectivity index (χ3v) is 4.91. The van der Waals surface area contributed by atoms with Crippen LogP contribution < -0.4 is 5.32 Å². The van der Waals surface area contributed by atoms with Crippen molar-refractivity contribution in [3.05, 3.63) is 82.4 Å². The molecule has 0 saturated carbocycles. The van der Waals surface area contributed by atoms with Gasteiger partial charge in [0, 0.05) is 16.3 Å². The Bertz CT molecular complexity index is 1160. The second kappa shape index (κ2) is 7.49. The average molecular weight is 391 g/mol. The van der Waals surface area contributed by atoms with E-state index in [4.69, 9.17) is 16.0 Å². The van der Waals surface area contributed by atoms with Crippen LogP contribution in [0, 0.1) is 13.8 Å². The van der Waals surface area contributed by atoms with E-state index < -0.39 is 0 Å². The second-order valence-electron chi connectivity index (χ2n) is 6.82. The number of hydrogen-bond acceptors (Lipinski definition) is 3. The number of nitrogens with zero attached hydrogens (tertiary/aromatic N) is 1. The fourth-order valence-electron chi connectivity index (χ4n) is 3.14. The van der Waals surface area contributed by atoms with Crippen molar-refractivity contribution in [1.29, 1.82) is 0 Å². The van der Waals surface area contributed by atoms with Crippen LogP contribution in [0.2, 0.25) is 5.02 Å². The van der Waals surface area contributed by atoms with Crippen LogP contribution in [-0.2, 0) is 11.2 Å². The Morgan fingerprint density at radius 2 is 1.86 bits per heavy atom. The molecule has 1 amide bonds. The number of nitrogens with one attached hydrogen (secondary N) is 1. The summed E-state index contributed by atoms with van der Waals surface area (Å²) in [6.45, 7) is 3.98. The summed E-state index contributed by atoms with van der Waals surface area (Å²) in [5, 5.41) is 3.64. The fraction of sp³-hybridized carbons (Fsp3) is 0.130. The molecule has 0 spiro atoms. The molecule has 0 radical (unpaired) electrons. The van der Waals surface area contributed by atoms with E-state index in [0.717, 1.165) is 39.0 Å². The van der Waals surface area contributed by atoms with E-state index in [2.05, 4.69) is 10.3 Å². The molecule has 0 unspecified atom stereocenters. The predicted molar refractivity (Wildman–Crippen MR) is 113 cm³/mol. The van der Waals surface area contributed by atoms with Crippen LogP contribution >= 0.6 is 11.6 Å². The minimum atomic E-state index is -0.0873. The maximum absolute atomic E-state index is 12.5. The molecular weight excluding hydrogens is 372 g/mol. The van der Waals surface area contributed by atoms with Crippen molar-refractivity contribution in [2.75, 3.05) is 5.32 Å². The van der Waals surface area contributed by atoms with Gasteiger partial charge >= 0.3 is 0 Å². The summed E-state index contributed by atoms with van der Waals surface area (Å²) in [5.74, 6) is 0.461. The third kappa shape index (κ3) is 3.78. The fourth-order valence-corrected chi connectivity index (χ4v) is 3.26. The van der Waals surface area contributed by atoms with Gasteiger partial charge in [0.1, 0.15) is 5.52 Å². The number of aromatic nitrogens is 1. The molecule has 4 aromatic rings. The van der Waals surface area contributed by atoms with E-state index >= 15 is 0 Å². The third-order valence-electron chi connectivity index (χ3n) is 4.66. The second-order valence-corrected chi connectivity index (χ2v) is 7.26. The first-order valence-electron chi connectivity index (χ1n) is 9.01. The lowest BCUT2D eigenvalue weighted by atomic mass is 10.1. The van der Waals surface area contributed by atoms with Crippen LogP contribution in [0.25, 0.3) is 22.6 Å². The van der Waals surface area contributed by atoms with Crippen LogP contribution in [-0.4, -0.2) is 10.9 Å². The smallest absolute Gasteiger partial charge is 0.228 e. The Morgan fingerprint density at radius 1 is 1.07 bits per heavy atom. The Hall–Kier alpha value is -3.11. The highest BCUT2D eigenvalue weighted by Gasteiger charge is 2.14.